The van der Waals surface area contributed by atoms with Crippen molar-refractivity contribution in [2.45, 2.75) is 20.0 Å². The summed E-state index contributed by atoms with van der Waals surface area (Å²) < 4.78 is 4.81. The number of methoxy groups -OCH3 is 1. The average Bonchev–Trinajstić information content (AvgIpc) is 2.25. The standard InChI is InChI=1S/C10H24N2O3/c1-4-12(5-2)9-10(13)8-11-15-7-6-14-3/h10-11,13H,4-9H2,1-3H3. The topological polar surface area (TPSA) is 54.0 Å². The van der Waals surface area contributed by atoms with E-state index >= 15 is 0 Å². The van der Waals surface area contributed by atoms with E-state index in [1.807, 2.05) is 0 Å². The van der Waals surface area contributed by atoms with Gasteiger partial charge in [0.15, 0.2) is 0 Å². The quantitative estimate of drug-likeness (QED) is 0.396. The smallest absolute Gasteiger partial charge is 0.0915 e. The maximum absolute atomic E-state index is 9.62. The van der Waals surface area contributed by atoms with Gasteiger partial charge in [-0.25, -0.2) is 0 Å². The molecule has 0 spiro atoms. The molecule has 2 N–H and O–H groups in total. The molecule has 0 amide bonds. The Balaban J connectivity index is 3.35. The van der Waals surface area contributed by atoms with Gasteiger partial charge in [-0.2, -0.15) is 5.48 Å². The first-order chi connectivity index (χ1) is 7.24. The van der Waals surface area contributed by atoms with Gasteiger partial charge < -0.3 is 14.7 Å². The number of ether oxygens (including phenoxy) is 1. The first-order valence-electron chi connectivity index (χ1n) is 5.48. The number of nitrogens with zero attached hydrogens (tertiary/aromatic N) is 1. The number of nitrogens with one attached hydrogen (secondary N) is 1. The summed E-state index contributed by atoms with van der Waals surface area (Å²) >= 11 is 0. The maximum Gasteiger partial charge on any atom is 0.0915 e. The molecule has 0 fully saturated rings. The Morgan fingerprint density at radius 3 is 2.47 bits per heavy atom. The lowest BCUT2D eigenvalue weighted by atomic mass is 10.3. The molecule has 92 valence electrons. The number of aliphatic hydroxyl groups excluding tert-OH is 1. The number of likely N-dealkylation sites (N-methyl/N-ethyl adjacent to an activating group) is 1. The van der Waals surface area contributed by atoms with Crippen molar-refractivity contribution in [3.05, 3.63) is 0 Å². The van der Waals surface area contributed by atoms with E-state index in [9.17, 15) is 5.11 Å². The third kappa shape index (κ3) is 8.77. The first kappa shape index (κ1) is 14.8. The van der Waals surface area contributed by atoms with Crippen LogP contribution in [-0.4, -0.2) is 62.6 Å². The molecule has 0 saturated heterocycles. The normalized spacial score (nSPS) is 13.4. The zero-order valence-corrected chi connectivity index (χ0v) is 10.0. The van der Waals surface area contributed by atoms with Crippen LogP contribution in [0.1, 0.15) is 13.8 Å². The average molecular weight is 220 g/mol. The minimum absolute atomic E-state index is 0.396. The van der Waals surface area contributed by atoms with E-state index in [0.29, 0.717) is 26.3 Å². The van der Waals surface area contributed by atoms with Crippen molar-refractivity contribution in [3.63, 3.8) is 0 Å². The minimum atomic E-state index is -0.396. The van der Waals surface area contributed by atoms with Crippen molar-refractivity contribution in [1.29, 1.82) is 0 Å². The van der Waals surface area contributed by atoms with Gasteiger partial charge in [-0.3, -0.25) is 4.84 Å². The van der Waals surface area contributed by atoms with Crippen LogP contribution in [0.5, 0.6) is 0 Å². The third-order valence-electron chi connectivity index (χ3n) is 2.17. The van der Waals surface area contributed by atoms with Crippen molar-refractivity contribution in [3.8, 4) is 0 Å². The van der Waals surface area contributed by atoms with E-state index in [2.05, 4.69) is 24.2 Å². The predicted octanol–water partition coefficient (Wildman–Crippen LogP) is -0.143. The zero-order chi connectivity index (χ0) is 11.5. The summed E-state index contributed by atoms with van der Waals surface area (Å²) in [5.41, 5.74) is 2.72. The second-order valence-corrected chi connectivity index (χ2v) is 3.33. The van der Waals surface area contributed by atoms with Crippen LogP contribution in [0.25, 0.3) is 0 Å². The van der Waals surface area contributed by atoms with E-state index in [-0.39, 0.29) is 0 Å². The third-order valence-corrected chi connectivity index (χ3v) is 2.17. The van der Waals surface area contributed by atoms with Gasteiger partial charge in [-0.15, -0.1) is 0 Å². The van der Waals surface area contributed by atoms with Crippen LogP contribution in [0.2, 0.25) is 0 Å². The highest BCUT2D eigenvalue weighted by Crippen LogP contribution is 1.90. The molecule has 0 aromatic heterocycles. The highest BCUT2D eigenvalue weighted by atomic mass is 16.7. The highest BCUT2D eigenvalue weighted by molar-refractivity contribution is 4.62. The number of hydrogen-bond donors (Lipinski definition) is 2. The molecule has 0 heterocycles. The van der Waals surface area contributed by atoms with E-state index in [0.717, 1.165) is 13.1 Å². The molecule has 15 heavy (non-hydrogen) atoms. The molecule has 0 rings (SSSR count). The molecule has 0 aliphatic rings. The molecular formula is C10H24N2O3. The molecule has 1 unspecified atom stereocenters. The summed E-state index contributed by atoms with van der Waals surface area (Å²) in [6, 6.07) is 0. The molecule has 5 nitrogen and oxygen atoms in total. The summed E-state index contributed by atoms with van der Waals surface area (Å²) in [6.45, 7) is 8.25. The molecule has 1 atom stereocenters. The fourth-order valence-corrected chi connectivity index (χ4v) is 1.20. The lowest BCUT2D eigenvalue weighted by molar-refractivity contribution is -0.0153. The Morgan fingerprint density at radius 1 is 1.27 bits per heavy atom. The van der Waals surface area contributed by atoms with Crippen molar-refractivity contribution < 1.29 is 14.7 Å². The fraction of sp³-hybridized carbons (Fsp3) is 1.00. The Hall–Kier alpha value is -0.200. The van der Waals surface area contributed by atoms with Crippen molar-refractivity contribution in [2.24, 2.45) is 0 Å². The molecule has 0 aliphatic heterocycles. The van der Waals surface area contributed by atoms with E-state index in [1.165, 1.54) is 0 Å². The van der Waals surface area contributed by atoms with Crippen LogP contribution in [0.4, 0.5) is 0 Å². The number of aliphatic hydroxyl groups is 1. The van der Waals surface area contributed by atoms with Crippen molar-refractivity contribution in [2.75, 3.05) is 46.5 Å². The van der Waals surface area contributed by atoms with Crippen LogP contribution in [0.15, 0.2) is 0 Å². The molecular weight excluding hydrogens is 196 g/mol. The van der Waals surface area contributed by atoms with Gasteiger partial charge in [-0.05, 0) is 13.1 Å². The monoisotopic (exact) mass is 220 g/mol. The lowest BCUT2D eigenvalue weighted by Gasteiger charge is -2.21. The minimum Gasteiger partial charge on any atom is -0.390 e. The Bertz CT molecular complexity index is 132. The lowest BCUT2D eigenvalue weighted by Crippen LogP contribution is -2.38. The van der Waals surface area contributed by atoms with Crippen molar-refractivity contribution in [1.82, 2.24) is 10.4 Å². The molecule has 5 heteroatoms. The second kappa shape index (κ2) is 10.3. The highest BCUT2D eigenvalue weighted by Gasteiger charge is 2.07. The van der Waals surface area contributed by atoms with Crippen molar-refractivity contribution >= 4 is 0 Å². The Morgan fingerprint density at radius 2 is 1.93 bits per heavy atom. The predicted molar refractivity (Wildman–Crippen MR) is 59.6 cm³/mol. The van der Waals surface area contributed by atoms with Gasteiger partial charge in [0, 0.05) is 20.2 Å². The largest absolute Gasteiger partial charge is 0.390 e. The van der Waals surface area contributed by atoms with E-state index in [1.54, 1.807) is 7.11 Å². The molecule has 0 aromatic rings. The Labute approximate surface area is 92.3 Å². The molecule has 0 aliphatic carbocycles. The van der Waals surface area contributed by atoms with Crippen LogP contribution in [-0.2, 0) is 9.57 Å². The zero-order valence-electron chi connectivity index (χ0n) is 10.0. The van der Waals surface area contributed by atoms with Gasteiger partial charge in [0.25, 0.3) is 0 Å². The summed E-state index contributed by atoms with van der Waals surface area (Å²) in [5, 5.41) is 9.62. The summed E-state index contributed by atoms with van der Waals surface area (Å²) in [4.78, 5) is 7.21. The second-order valence-electron chi connectivity index (χ2n) is 3.33. The van der Waals surface area contributed by atoms with Gasteiger partial charge >= 0.3 is 0 Å². The molecule has 0 bridgehead atoms. The summed E-state index contributed by atoms with van der Waals surface area (Å²) in [5.74, 6) is 0. The maximum atomic E-state index is 9.62. The first-order valence-corrected chi connectivity index (χ1v) is 5.48. The van der Waals surface area contributed by atoms with E-state index in [4.69, 9.17) is 9.57 Å². The van der Waals surface area contributed by atoms with Crippen LogP contribution < -0.4 is 5.48 Å². The number of hydroxylamine groups is 1. The van der Waals surface area contributed by atoms with Gasteiger partial charge in [0.1, 0.15) is 0 Å². The summed E-state index contributed by atoms with van der Waals surface area (Å²) in [7, 11) is 1.62. The van der Waals surface area contributed by atoms with Gasteiger partial charge in [0.05, 0.1) is 19.3 Å². The fourth-order valence-electron chi connectivity index (χ4n) is 1.20. The van der Waals surface area contributed by atoms with Gasteiger partial charge in [-0.1, -0.05) is 13.8 Å². The SMILES string of the molecule is CCN(CC)CC(O)CNOCCOC. The Kier molecular flexibility index (Phi) is 10.2. The van der Waals surface area contributed by atoms with Crippen LogP contribution >= 0.6 is 0 Å². The molecule has 0 aromatic carbocycles. The van der Waals surface area contributed by atoms with Crippen LogP contribution in [0.3, 0.4) is 0 Å². The van der Waals surface area contributed by atoms with Gasteiger partial charge in [0.2, 0.25) is 0 Å². The van der Waals surface area contributed by atoms with Crippen LogP contribution in [0, 0.1) is 0 Å². The number of hydrogen-bond acceptors (Lipinski definition) is 5. The summed E-state index contributed by atoms with van der Waals surface area (Å²) in [6.07, 6.45) is -0.396. The molecule has 0 saturated carbocycles. The number of rotatable bonds is 10. The molecule has 0 radical (unpaired) electrons. The van der Waals surface area contributed by atoms with E-state index < -0.39 is 6.10 Å².